The first-order valence-electron chi connectivity index (χ1n) is 13.6. The van der Waals surface area contributed by atoms with Gasteiger partial charge < -0.3 is 24.2 Å². The zero-order valence-corrected chi connectivity index (χ0v) is 24.4. The molecule has 2 N–H and O–H groups in total. The second-order valence-electron chi connectivity index (χ2n) is 10.3. The molecule has 11 nitrogen and oxygen atoms in total. The van der Waals surface area contributed by atoms with Crippen molar-refractivity contribution >= 4 is 22.1 Å². The first-order valence-corrected chi connectivity index (χ1v) is 15.1. The molecule has 0 bridgehead atoms. The van der Waals surface area contributed by atoms with E-state index in [1.54, 1.807) is 31.2 Å². The Balaban J connectivity index is 1.22. The average molecular weight is 584 g/mol. The minimum atomic E-state index is -3.72. The normalized spacial score (nSPS) is 14.2. The van der Waals surface area contributed by atoms with Crippen LogP contribution in [0.15, 0.2) is 70.3 Å². The minimum Gasteiger partial charge on any atom is -0.493 e. The number of hydrogen-bond acceptors (Lipinski definition) is 9. The zero-order valence-electron chi connectivity index (χ0n) is 23.6. The van der Waals surface area contributed by atoms with E-state index in [0.717, 1.165) is 48.6 Å². The smallest absolute Gasteiger partial charge is 0.412 e. The molecule has 1 amide bonds. The fourth-order valence-corrected chi connectivity index (χ4v) is 5.32. The highest BCUT2D eigenvalue weighted by molar-refractivity contribution is 7.89. The Hall–Kier alpha value is -3.90. The van der Waals surface area contributed by atoms with Gasteiger partial charge in [0, 0.05) is 32.1 Å². The van der Waals surface area contributed by atoms with Crippen LogP contribution in [0, 0.1) is 5.92 Å². The Morgan fingerprint density at radius 3 is 2.29 bits per heavy atom. The van der Waals surface area contributed by atoms with E-state index in [2.05, 4.69) is 31.7 Å². The zero-order chi connectivity index (χ0) is 29.4. The average Bonchev–Trinajstić information content (AvgIpc) is 3.46. The lowest BCUT2D eigenvalue weighted by atomic mass is 9.98. The molecule has 1 aliphatic heterocycles. The first-order chi connectivity index (χ1) is 19.6. The number of benzene rings is 2. The number of ether oxygens (including phenoxy) is 2. The lowest BCUT2D eigenvalue weighted by Crippen LogP contribution is -2.35. The second kappa shape index (κ2) is 13.6. The van der Waals surface area contributed by atoms with Crippen LogP contribution < -0.4 is 19.7 Å². The number of carbonyl (C=O) groups excluding carboxylic acids is 1. The minimum absolute atomic E-state index is 0.0216. The molecule has 1 aliphatic rings. The standard InChI is InChI=1S/C29H37N5O6S/c1-20(2)27-32-28(40-33-27)34-17-13-22(14-18-34)19-38-25-9-5-23(6-10-25)24-7-11-26(12-8-24)41(36,37)31-16-15-30-29(35)39-21(3)4/h5-12,20,22,31H,3,13-19H2,1-2,4H3,(H,30,35). The van der Waals surface area contributed by atoms with Gasteiger partial charge >= 0.3 is 12.1 Å². The molecule has 1 aromatic heterocycles. The van der Waals surface area contributed by atoms with Crippen molar-refractivity contribution in [3.63, 3.8) is 0 Å². The van der Waals surface area contributed by atoms with Crippen molar-refractivity contribution < 1.29 is 27.2 Å². The lowest BCUT2D eigenvalue weighted by Gasteiger charge is -2.30. The molecule has 1 fully saturated rings. The van der Waals surface area contributed by atoms with Crippen LogP contribution in [0.2, 0.25) is 0 Å². The molecule has 2 heterocycles. The van der Waals surface area contributed by atoms with Gasteiger partial charge in [0.25, 0.3) is 0 Å². The van der Waals surface area contributed by atoms with Crippen molar-refractivity contribution in [2.75, 3.05) is 37.7 Å². The van der Waals surface area contributed by atoms with E-state index >= 15 is 0 Å². The highest BCUT2D eigenvalue weighted by Crippen LogP contribution is 2.26. The molecule has 41 heavy (non-hydrogen) atoms. The quantitative estimate of drug-likeness (QED) is 0.230. The second-order valence-corrected chi connectivity index (χ2v) is 12.1. The summed E-state index contributed by atoms with van der Waals surface area (Å²) in [6, 6.07) is 15.0. The third-order valence-electron chi connectivity index (χ3n) is 6.62. The van der Waals surface area contributed by atoms with Gasteiger partial charge in [-0.2, -0.15) is 4.98 Å². The lowest BCUT2D eigenvalue weighted by molar-refractivity contribution is 0.177. The summed E-state index contributed by atoms with van der Waals surface area (Å²) >= 11 is 0. The molecule has 220 valence electrons. The van der Waals surface area contributed by atoms with Crippen molar-refractivity contribution in [2.24, 2.45) is 5.92 Å². The number of sulfonamides is 1. The Bertz CT molecular complexity index is 1410. The van der Waals surface area contributed by atoms with Gasteiger partial charge in [0.2, 0.25) is 10.0 Å². The van der Waals surface area contributed by atoms with Crippen molar-refractivity contribution in [2.45, 2.75) is 44.4 Å². The van der Waals surface area contributed by atoms with Crippen LogP contribution >= 0.6 is 0 Å². The van der Waals surface area contributed by atoms with Gasteiger partial charge in [0.15, 0.2) is 5.82 Å². The number of alkyl carbamates (subject to hydrolysis) is 1. The van der Waals surface area contributed by atoms with Crippen LogP contribution in [-0.4, -0.2) is 57.4 Å². The molecule has 0 spiro atoms. The third kappa shape index (κ3) is 8.54. The molecule has 1 saturated heterocycles. The fraction of sp³-hybridized carbons (Fsp3) is 0.414. The third-order valence-corrected chi connectivity index (χ3v) is 8.10. The maximum Gasteiger partial charge on any atom is 0.412 e. The van der Waals surface area contributed by atoms with Gasteiger partial charge in [-0.15, -0.1) is 0 Å². The number of hydrogen-bond donors (Lipinski definition) is 2. The highest BCUT2D eigenvalue weighted by atomic mass is 32.2. The van der Waals surface area contributed by atoms with Crippen LogP contribution in [0.25, 0.3) is 11.1 Å². The maximum atomic E-state index is 12.6. The molecule has 4 rings (SSSR count). The van der Waals surface area contributed by atoms with E-state index in [4.69, 9.17) is 14.0 Å². The number of amides is 1. The van der Waals surface area contributed by atoms with Crippen LogP contribution in [0.3, 0.4) is 0 Å². The van der Waals surface area contributed by atoms with E-state index in [1.165, 1.54) is 0 Å². The summed E-state index contributed by atoms with van der Waals surface area (Å²) in [5.41, 5.74) is 1.83. The number of allylic oxidation sites excluding steroid dienone is 1. The van der Waals surface area contributed by atoms with E-state index in [1.807, 2.05) is 38.1 Å². The van der Waals surface area contributed by atoms with Gasteiger partial charge in [0.1, 0.15) is 5.75 Å². The number of nitrogens with one attached hydrogen (secondary N) is 2. The van der Waals surface area contributed by atoms with Gasteiger partial charge in [-0.1, -0.05) is 49.8 Å². The van der Waals surface area contributed by atoms with Crippen molar-refractivity contribution in [3.05, 3.63) is 66.7 Å². The Morgan fingerprint density at radius 2 is 1.71 bits per heavy atom. The van der Waals surface area contributed by atoms with Crippen LogP contribution in [0.5, 0.6) is 5.75 Å². The number of anilines is 1. The molecular formula is C29H37N5O6S. The molecular weight excluding hydrogens is 546 g/mol. The predicted molar refractivity (Wildman–Crippen MR) is 155 cm³/mol. The summed E-state index contributed by atoms with van der Waals surface area (Å²) in [5.74, 6) is 2.46. The molecule has 0 radical (unpaired) electrons. The molecule has 0 atom stereocenters. The van der Waals surface area contributed by atoms with Gasteiger partial charge in [-0.05, 0) is 61.1 Å². The molecule has 12 heteroatoms. The van der Waals surface area contributed by atoms with E-state index in [-0.39, 0.29) is 29.7 Å². The summed E-state index contributed by atoms with van der Waals surface area (Å²) < 4.78 is 43.8. The number of nitrogens with zero attached hydrogens (tertiary/aromatic N) is 3. The number of rotatable bonds is 12. The summed E-state index contributed by atoms with van der Waals surface area (Å²) in [4.78, 5) is 18.2. The van der Waals surface area contributed by atoms with Crippen molar-refractivity contribution in [1.29, 1.82) is 0 Å². The largest absolute Gasteiger partial charge is 0.493 e. The predicted octanol–water partition coefficient (Wildman–Crippen LogP) is 4.69. The number of aromatic nitrogens is 2. The maximum absolute atomic E-state index is 12.6. The first kappa shape index (κ1) is 30.1. The van der Waals surface area contributed by atoms with Gasteiger partial charge in [0.05, 0.1) is 17.3 Å². The summed E-state index contributed by atoms with van der Waals surface area (Å²) in [6.45, 7) is 11.6. The Labute approximate surface area is 241 Å². The summed E-state index contributed by atoms with van der Waals surface area (Å²) in [5, 5.41) is 6.50. The molecule has 0 aliphatic carbocycles. The number of piperidine rings is 1. The van der Waals surface area contributed by atoms with Gasteiger partial charge in [-0.3, -0.25) is 0 Å². The van der Waals surface area contributed by atoms with E-state index in [9.17, 15) is 13.2 Å². The Morgan fingerprint density at radius 1 is 1.07 bits per heavy atom. The van der Waals surface area contributed by atoms with Crippen LogP contribution in [0.1, 0.15) is 45.4 Å². The van der Waals surface area contributed by atoms with E-state index in [0.29, 0.717) is 18.5 Å². The van der Waals surface area contributed by atoms with Crippen molar-refractivity contribution in [1.82, 2.24) is 20.2 Å². The highest BCUT2D eigenvalue weighted by Gasteiger charge is 2.24. The van der Waals surface area contributed by atoms with Gasteiger partial charge in [-0.25, -0.2) is 17.9 Å². The summed E-state index contributed by atoms with van der Waals surface area (Å²) in [7, 11) is -3.72. The molecule has 0 saturated carbocycles. The van der Waals surface area contributed by atoms with Crippen LogP contribution in [0.4, 0.5) is 10.8 Å². The van der Waals surface area contributed by atoms with Crippen molar-refractivity contribution in [3.8, 4) is 16.9 Å². The topological polar surface area (TPSA) is 136 Å². The SMILES string of the molecule is C=C(C)OC(=O)NCCNS(=O)(=O)c1ccc(-c2ccc(OCC3CCN(c4nc(C(C)C)no4)CC3)cc2)cc1. The number of carbonyl (C=O) groups is 1. The Kier molecular flexibility index (Phi) is 10.0. The summed E-state index contributed by atoms with van der Waals surface area (Å²) in [6.07, 6.45) is 1.29. The molecule has 2 aromatic carbocycles. The molecule has 0 unspecified atom stereocenters. The monoisotopic (exact) mass is 583 g/mol. The molecule has 3 aromatic rings. The van der Waals surface area contributed by atoms with E-state index < -0.39 is 16.1 Å². The fourth-order valence-electron chi connectivity index (χ4n) is 4.29. The van der Waals surface area contributed by atoms with Crippen LogP contribution in [-0.2, 0) is 14.8 Å².